The van der Waals surface area contributed by atoms with Crippen LogP contribution in [0.3, 0.4) is 0 Å². The molecule has 1 aliphatic carbocycles. The molecule has 0 unspecified atom stereocenters. The highest BCUT2D eigenvalue weighted by molar-refractivity contribution is 7.92. The van der Waals surface area contributed by atoms with Crippen LogP contribution in [0, 0.1) is 13.8 Å². The molecule has 1 aromatic carbocycles. The second-order valence-electron chi connectivity index (χ2n) is 9.74. The Bertz CT molecular complexity index is 1590. The van der Waals surface area contributed by atoms with Crippen LogP contribution in [0.1, 0.15) is 53.6 Å². The normalized spacial score (nSPS) is 14.1. The maximum atomic E-state index is 12.9. The summed E-state index contributed by atoms with van der Waals surface area (Å²) in [7, 11) is -0.382. The van der Waals surface area contributed by atoms with E-state index in [1.54, 1.807) is 57.2 Å². The monoisotopic (exact) mass is 534 g/mol. The van der Waals surface area contributed by atoms with Crippen molar-refractivity contribution in [3.05, 3.63) is 59.7 Å². The fraction of sp³-hybridized carbons (Fsp3) is 0.346. The van der Waals surface area contributed by atoms with Crippen LogP contribution in [-0.4, -0.2) is 57.8 Å². The number of aromatic nitrogens is 5. The number of rotatable bonds is 7. The molecule has 3 heterocycles. The number of anilines is 3. The zero-order valence-electron chi connectivity index (χ0n) is 21.8. The number of fused-ring (bicyclic) bond motifs is 1. The first-order valence-electron chi connectivity index (χ1n) is 12.4. The van der Waals surface area contributed by atoms with Gasteiger partial charge in [0.15, 0.2) is 0 Å². The molecule has 1 saturated carbocycles. The molecule has 0 radical (unpaired) electrons. The van der Waals surface area contributed by atoms with Crippen molar-refractivity contribution >= 4 is 44.5 Å². The van der Waals surface area contributed by atoms with Crippen molar-refractivity contribution in [3.63, 3.8) is 0 Å². The number of nitrogens with zero attached hydrogens (tertiary/aromatic N) is 6. The summed E-state index contributed by atoms with van der Waals surface area (Å²) in [6, 6.07) is 10.1. The number of aryl methyl sites for hydroxylation is 2. The minimum atomic E-state index is -3.87. The molecule has 38 heavy (non-hydrogen) atoms. The van der Waals surface area contributed by atoms with Gasteiger partial charge in [-0.1, -0.05) is 12.8 Å². The molecule has 3 aromatic heterocycles. The molecular formula is C26H30N8O3S. The maximum Gasteiger partial charge on any atom is 0.270 e. The summed E-state index contributed by atoms with van der Waals surface area (Å²) >= 11 is 0. The van der Waals surface area contributed by atoms with Gasteiger partial charge in [-0.3, -0.25) is 4.79 Å². The fourth-order valence-electron chi connectivity index (χ4n) is 4.79. The van der Waals surface area contributed by atoms with E-state index in [9.17, 15) is 13.2 Å². The predicted molar refractivity (Wildman–Crippen MR) is 145 cm³/mol. The Morgan fingerprint density at radius 1 is 0.974 bits per heavy atom. The molecule has 1 amide bonds. The van der Waals surface area contributed by atoms with E-state index in [-0.39, 0.29) is 22.8 Å². The molecule has 0 saturated heterocycles. The highest BCUT2D eigenvalue weighted by Gasteiger charge is 2.26. The number of carbonyl (C=O) groups is 1. The second-order valence-corrected chi connectivity index (χ2v) is 11.4. The Balaban J connectivity index is 1.40. The van der Waals surface area contributed by atoms with Crippen LogP contribution in [0.25, 0.3) is 11.0 Å². The average molecular weight is 535 g/mol. The summed E-state index contributed by atoms with van der Waals surface area (Å²) in [5.74, 6) is 0.320. The smallest absolute Gasteiger partial charge is 0.270 e. The van der Waals surface area contributed by atoms with Crippen LogP contribution in [0.5, 0.6) is 0 Å². The molecule has 0 aliphatic heterocycles. The standard InChI is InChI=1S/C26H30N8O3S/c1-16-13-17(2)29-26(28-16)32-38(36,37)21-11-9-19(10-12-21)30-25-27-15-18-14-22(24(35)33(3)4)34(23(18)31-25)20-7-5-6-8-20/h9-15,20H,5-8H2,1-4H3,(H,27,30,31)(H,28,29,32). The van der Waals surface area contributed by atoms with Crippen LogP contribution in [0.4, 0.5) is 17.6 Å². The molecule has 4 aromatic rings. The van der Waals surface area contributed by atoms with Crippen molar-refractivity contribution in [2.75, 3.05) is 24.1 Å². The highest BCUT2D eigenvalue weighted by Crippen LogP contribution is 2.35. The van der Waals surface area contributed by atoms with E-state index in [1.165, 1.54) is 12.1 Å². The van der Waals surface area contributed by atoms with E-state index >= 15 is 0 Å². The van der Waals surface area contributed by atoms with E-state index in [4.69, 9.17) is 4.98 Å². The molecule has 12 heteroatoms. The van der Waals surface area contributed by atoms with Gasteiger partial charge in [0.05, 0.1) is 4.90 Å². The first kappa shape index (κ1) is 25.6. The topological polar surface area (TPSA) is 135 Å². The third-order valence-corrected chi connectivity index (χ3v) is 7.86. The zero-order chi connectivity index (χ0) is 27.0. The molecule has 198 valence electrons. The fourth-order valence-corrected chi connectivity index (χ4v) is 5.74. The van der Waals surface area contributed by atoms with Gasteiger partial charge in [0, 0.05) is 48.8 Å². The van der Waals surface area contributed by atoms with Gasteiger partial charge in [-0.15, -0.1) is 0 Å². The Hall–Kier alpha value is -4.06. The van der Waals surface area contributed by atoms with E-state index in [0.717, 1.165) is 31.1 Å². The minimum Gasteiger partial charge on any atom is -0.343 e. The number of sulfonamides is 1. The minimum absolute atomic E-state index is 0.0313. The summed E-state index contributed by atoms with van der Waals surface area (Å²) in [4.78, 5) is 32.0. The SMILES string of the molecule is Cc1cc(C)nc(NS(=O)(=O)c2ccc(Nc3ncc4cc(C(=O)N(C)C)n(C5CCCC5)c4n3)cc2)n1. The summed E-state index contributed by atoms with van der Waals surface area (Å²) in [6.07, 6.45) is 5.95. The Labute approximate surface area is 221 Å². The van der Waals surface area contributed by atoms with Gasteiger partial charge in [0.1, 0.15) is 11.3 Å². The lowest BCUT2D eigenvalue weighted by Crippen LogP contribution is -2.25. The molecule has 0 bridgehead atoms. The van der Waals surface area contributed by atoms with Crippen molar-refractivity contribution in [2.45, 2.75) is 50.5 Å². The summed E-state index contributed by atoms with van der Waals surface area (Å²) in [5.41, 5.74) is 3.28. The van der Waals surface area contributed by atoms with Crippen molar-refractivity contribution in [3.8, 4) is 0 Å². The lowest BCUT2D eigenvalue weighted by molar-refractivity contribution is 0.0815. The van der Waals surface area contributed by atoms with Crippen molar-refractivity contribution < 1.29 is 13.2 Å². The van der Waals surface area contributed by atoms with Crippen LogP contribution in [0.2, 0.25) is 0 Å². The lowest BCUT2D eigenvalue weighted by Gasteiger charge is -2.19. The number of benzene rings is 1. The summed E-state index contributed by atoms with van der Waals surface area (Å²) < 4.78 is 30.2. The van der Waals surface area contributed by atoms with Crippen LogP contribution in [0.15, 0.2) is 47.5 Å². The lowest BCUT2D eigenvalue weighted by atomic mass is 10.2. The largest absolute Gasteiger partial charge is 0.343 e. The van der Waals surface area contributed by atoms with Gasteiger partial charge in [0.2, 0.25) is 11.9 Å². The molecule has 0 atom stereocenters. The Kier molecular flexibility index (Phi) is 6.74. The van der Waals surface area contributed by atoms with Gasteiger partial charge in [0.25, 0.3) is 15.9 Å². The van der Waals surface area contributed by atoms with Gasteiger partial charge in [-0.2, -0.15) is 4.98 Å². The van der Waals surface area contributed by atoms with E-state index in [0.29, 0.717) is 34.4 Å². The molecular weight excluding hydrogens is 504 g/mol. The maximum absolute atomic E-state index is 12.9. The Morgan fingerprint density at radius 2 is 1.63 bits per heavy atom. The van der Waals surface area contributed by atoms with E-state index in [2.05, 4.69) is 25.0 Å². The number of hydrogen-bond acceptors (Lipinski definition) is 8. The highest BCUT2D eigenvalue weighted by atomic mass is 32.2. The first-order valence-corrected chi connectivity index (χ1v) is 13.9. The molecule has 0 spiro atoms. The van der Waals surface area contributed by atoms with Crippen LogP contribution >= 0.6 is 0 Å². The molecule has 5 rings (SSSR count). The average Bonchev–Trinajstić information content (AvgIpc) is 3.50. The first-order chi connectivity index (χ1) is 18.1. The summed E-state index contributed by atoms with van der Waals surface area (Å²) in [6.45, 7) is 3.55. The van der Waals surface area contributed by atoms with Crippen molar-refractivity contribution in [1.29, 1.82) is 0 Å². The predicted octanol–water partition coefficient (Wildman–Crippen LogP) is 4.20. The molecule has 11 nitrogen and oxygen atoms in total. The zero-order valence-corrected chi connectivity index (χ0v) is 22.6. The third kappa shape index (κ3) is 5.17. The summed E-state index contributed by atoms with van der Waals surface area (Å²) in [5, 5.41) is 3.95. The quantitative estimate of drug-likeness (QED) is 0.360. The molecule has 1 fully saturated rings. The van der Waals surface area contributed by atoms with E-state index in [1.807, 2.05) is 10.6 Å². The van der Waals surface area contributed by atoms with Crippen LogP contribution in [-0.2, 0) is 10.0 Å². The van der Waals surface area contributed by atoms with Gasteiger partial charge in [-0.25, -0.2) is 28.1 Å². The number of nitrogens with one attached hydrogen (secondary N) is 2. The molecule has 2 N–H and O–H groups in total. The second kappa shape index (κ2) is 10.0. The number of amides is 1. The van der Waals surface area contributed by atoms with E-state index < -0.39 is 10.0 Å². The molecule has 1 aliphatic rings. The van der Waals surface area contributed by atoms with Crippen molar-refractivity contribution in [2.24, 2.45) is 0 Å². The van der Waals surface area contributed by atoms with Gasteiger partial charge < -0.3 is 14.8 Å². The number of hydrogen-bond donors (Lipinski definition) is 2. The van der Waals surface area contributed by atoms with Gasteiger partial charge >= 0.3 is 0 Å². The van der Waals surface area contributed by atoms with Crippen LogP contribution < -0.4 is 10.0 Å². The number of carbonyl (C=O) groups excluding carboxylic acids is 1. The Morgan fingerprint density at radius 3 is 2.26 bits per heavy atom. The van der Waals surface area contributed by atoms with Crippen molar-refractivity contribution in [1.82, 2.24) is 29.4 Å². The third-order valence-electron chi connectivity index (χ3n) is 6.52. The van der Waals surface area contributed by atoms with Gasteiger partial charge in [-0.05, 0) is 63.1 Å².